The maximum atomic E-state index is 11.0. The summed E-state index contributed by atoms with van der Waals surface area (Å²) in [6.07, 6.45) is 0. The molecule has 0 radical (unpaired) electrons. The Kier molecular flexibility index (Phi) is 3.71. The maximum absolute atomic E-state index is 11.0. The topological polar surface area (TPSA) is 40.5 Å². The minimum atomic E-state index is -0.449. The molecular formula is C8H10ClNO2S. The quantitative estimate of drug-likeness (QED) is 0.834. The second kappa shape index (κ2) is 4.60. The molecule has 0 atom stereocenters. The van der Waals surface area contributed by atoms with Crippen molar-refractivity contribution in [3.8, 4) is 0 Å². The van der Waals surface area contributed by atoms with Gasteiger partial charge in [-0.25, -0.2) is 0 Å². The molecule has 5 heteroatoms. The van der Waals surface area contributed by atoms with Crippen molar-refractivity contribution in [2.75, 3.05) is 13.7 Å². The minimum absolute atomic E-state index is 0.287. The largest absolute Gasteiger partial charge is 0.387 e. The monoisotopic (exact) mass is 219 g/mol. The first-order valence-electron chi connectivity index (χ1n) is 3.72. The SMILES string of the molecule is CN(Cc1ccc(Cl)s1)C(=O)CO. The predicted octanol–water partition coefficient (Wildman–Crippen LogP) is 1.35. The Morgan fingerprint density at radius 3 is 2.85 bits per heavy atom. The van der Waals surface area contributed by atoms with E-state index in [1.54, 1.807) is 13.1 Å². The van der Waals surface area contributed by atoms with Gasteiger partial charge in [0.05, 0.1) is 10.9 Å². The summed E-state index contributed by atoms with van der Waals surface area (Å²) in [5, 5.41) is 8.57. The molecule has 3 nitrogen and oxygen atoms in total. The number of aliphatic hydroxyl groups excluding tert-OH is 1. The standard InChI is InChI=1S/C8H10ClNO2S/c1-10(8(12)5-11)4-6-2-3-7(9)13-6/h2-3,11H,4-5H2,1H3. The highest BCUT2D eigenvalue weighted by atomic mass is 35.5. The molecular weight excluding hydrogens is 210 g/mol. The fourth-order valence-corrected chi connectivity index (χ4v) is 2.02. The van der Waals surface area contributed by atoms with Gasteiger partial charge in [-0.3, -0.25) is 4.79 Å². The molecule has 0 aliphatic heterocycles. The number of halogens is 1. The third-order valence-electron chi connectivity index (χ3n) is 1.58. The van der Waals surface area contributed by atoms with Crippen molar-refractivity contribution < 1.29 is 9.90 Å². The number of amides is 1. The second-order valence-corrected chi connectivity index (χ2v) is 4.41. The van der Waals surface area contributed by atoms with E-state index in [0.29, 0.717) is 10.9 Å². The van der Waals surface area contributed by atoms with E-state index in [-0.39, 0.29) is 5.91 Å². The molecule has 0 saturated heterocycles. The average molecular weight is 220 g/mol. The van der Waals surface area contributed by atoms with Crippen LogP contribution in [0.15, 0.2) is 12.1 Å². The highest BCUT2D eigenvalue weighted by Crippen LogP contribution is 2.22. The molecule has 0 unspecified atom stereocenters. The number of carbonyl (C=O) groups is 1. The van der Waals surface area contributed by atoms with E-state index in [1.165, 1.54) is 16.2 Å². The van der Waals surface area contributed by atoms with Crippen LogP contribution in [0.4, 0.5) is 0 Å². The van der Waals surface area contributed by atoms with Gasteiger partial charge in [-0.2, -0.15) is 0 Å². The molecule has 0 fully saturated rings. The van der Waals surface area contributed by atoms with Crippen molar-refractivity contribution in [2.24, 2.45) is 0 Å². The highest BCUT2D eigenvalue weighted by Gasteiger charge is 2.08. The molecule has 0 bridgehead atoms. The van der Waals surface area contributed by atoms with Gasteiger partial charge in [0.15, 0.2) is 0 Å². The fourth-order valence-electron chi connectivity index (χ4n) is 0.879. The zero-order chi connectivity index (χ0) is 9.84. The maximum Gasteiger partial charge on any atom is 0.248 e. The number of hydrogen-bond acceptors (Lipinski definition) is 3. The number of aliphatic hydroxyl groups is 1. The number of carbonyl (C=O) groups excluding carboxylic acids is 1. The third kappa shape index (κ3) is 2.99. The molecule has 0 saturated carbocycles. The summed E-state index contributed by atoms with van der Waals surface area (Å²) in [7, 11) is 1.65. The van der Waals surface area contributed by atoms with Gasteiger partial charge in [-0.15, -0.1) is 11.3 Å². The summed E-state index contributed by atoms with van der Waals surface area (Å²) >= 11 is 7.16. The van der Waals surface area contributed by atoms with Gasteiger partial charge in [0, 0.05) is 11.9 Å². The predicted molar refractivity (Wildman–Crippen MR) is 52.9 cm³/mol. The third-order valence-corrected chi connectivity index (χ3v) is 2.80. The van der Waals surface area contributed by atoms with Crippen molar-refractivity contribution in [1.82, 2.24) is 4.90 Å². The molecule has 1 aromatic heterocycles. The summed E-state index contributed by atoms with van der Waals surface area (Å²) < 4.78 is 0.708. The molecule has 1 aromatic rings. The number of thiophene rings is 1. The first-order valence-corrected chi connectivity index (χ1v) is 4.92. The van der Waals surface area contributed by atoms with Crippen molar-refractivity contribution in [3.63, 3.8) is 0 Å². The first kappa shape index (κ1) is 10.5. The Morgan fingerprint density at radius 2 is 2.38 bits per heavy atom. The molecule has 0 aliphatic carbocycles. The van der Waals surface area contributed by atoms with Crippen LogP contribution >= 0.6 is 22.9 Å². The molecule has 1 N–H and O–H groups in total. The lowest BCUT2D eigenvalue weighted by molar-refractivity contribution is -0.133. The van der Waals surface area contributed by atoms with Gasteiger partial charge in [-0.05, 0) is 12.1 Å². The van der Waals surface area contributed by atoms with Crippen molar-refractivity contribution in [3.05, 3.63) is 21.3 Å². The number of hydrogen-bond donors (Lipinski definition) is 1. The Morgan fingerprint density at radius 1 is 1.69 bits per heavy atom. The van der Waals surface area contributed by atoms with Crippen molar-refractivity contribution >= 4 is 28.8 Å². The van der Waals surface area contributed by atoms with Crippen LogP contribution in [0.2, 0.25) is 4.34 Å². The van der Waals surface area contributed by atoms with Crippen LogP contribution in [0.25, 0.3) is 0 Å². The summed E-state index contributed by atoms with van der Waals surface area (Å²) in [6, 6.07) is 3.66. The fraction of sp³-hybridized carbons (Fsp3) is 0.375. The lowest BCUT2D eigenvalue weighted by Gasteiger charge is -2.13. The van der Waals surface area contributed by atoms with E-state index in [1.807, 2.05) is 6.07 Å². The van der Waals surface area contributed by atoms with Crippen LogP contribution in [-0.2, 0) is 11.3 Å². The minimum Gasteiger partial charge on any atom is -0.387 e. The van der Waals surface area contributed by atoms with Gasteiger partial charge >= 0.3 is 0 Å². The van der Waals surface area contributed by atoms with Crippen molar-refractivity contribution in [1.29, 1.82) is 0 Å². The van der Waals surface area contributed by atoms with Crippen LogP contribution in [0.3, 0.4) is 0 Å². The number of nitrogens with zero attached hydrogens (tertiary/aromatic N) is 1. The molecule has 0 spiro atoms. The van der Waals surface area contributed by atoms with Crippen LogP contribution < -0.4 is 0 Å². The average Bonchev–Trinajstić information content (AvgIpc) is 2.49. The summed E-state index contributed by atoms with van der Waals surface area (Å²) in [5.41, 5.74) is 0. The summed E-state index contributed by atoms with van der Waals surface area (Å²) in [6.45, 7) is 0.0480. The Bertz CT molecular complexity index is 300. The zero-order valence-electron chi connectivity index (χ0n) is 7.16. The molecule has 0 aromatic carbocycles. The first-order chi connectivity index (χ1) is 6.13. The highest BCUT2D eigenvalue weighted by molar-refractivity contribution is 7.16. The van der Waals surface area contributed by atoms with Gasteiger partial charge in [0.2, 0.25) is 5.91 Å². The van der Waals surface area contributed by atoms with E-state index in [4.69, 9.17) is 16.7 Å². The number of likely N-dealkylation sites (N-methyl/N-ethyl adjacent to an activating group) is 1. The van der Waals surface area contributed by atoms with Crippen LogP contribution in [-0.4, -0.2) is 29.6 Å². The van der Waals surface area contributed by atoms with Crippen molar-refractivity contribution in [2.45, 2.75) is 6.54 Å². The van der Waals surface area contributed by atoms with Gasteiger partial charge in [-0.1, -0.05) is 11.6 Å². The lowest BCUT2D eigenvalue weighted by atomic mass is 10.4. The molecule has 0 aliphatic rings. The van der Waals surface area contributed by atoms with Crippen LogP contribution in [0, 0.1) is 0 Å². The molecule has 1 amide bonds. The Labute approximate surface area is 85.6 Å². The van der Waals surface area contributed by atoms with E-state index >= 15 is 0 Å². The molecule has 13 heavy (non-hydrogen) atoms. The van der Waals surface area contributed by atoms with Crippen LogP contribution in [0.5, 0.6) is 0 Å². The van der Waals surface area contributed by atoms with E-state index in [2.05, 4.69) is 0 Å². The second-order valence-electron chi connectivity index (χ2n) is 2.61. The Balaban J connectivity index is 2.54. The lowest BCUT2D eigenvalue weighted by Crippen LogP contribution is -2.28. The number of rotatable bonds is 3. The van der Waals surface area contributed by atoms with Gasteiger partial charge in [0.25, 0.3) is 0 Å². The Hall–Kier alpha value is -0.580. The normalized spacial score (nSPS) is 10.1. The summed E-state index contributed by atoms with van der Waals surface area (Å²) in [4.78, 5) is 13.4. The molecule has 1 heterocycles. The van der Waals surface area contributed by atoms with Gasteiger partial charge < -0.3 is 10.0 Å². The molecule has 72 valence electrons. The summed E-state index contributed by atoms with van der Waals surface area (Å²) in [5.74, 6) is -0.287. The smallest absolute Gasteiger partial charge is 0.248 e. The van der Waals surface area contributed by atoms with E-state index in [0.717, 1.165) is 4.88 Å². The molecule has 1 rings (SSSR count). The van der Waals surface area contributed by atoms with E-state index < -0.39 is 6.61 Å². The van der Waals surface area contributed by atoms with Gasteiger partial charge in [0.1, 0.15) is 6.61 Å². The van der Waals surface area contributed by atoms with Crippen LogP contribution in [0.1, 0.15) is 4.88 Å². The van der Waals surface area contributed by atoms with E-state index in [9.17, 15) is 4.79 Å². The zero-order valence-corrected chi connectivity index (χ0v) is 8.73.